The molecule has 0 bridgehead atoms. The van der Waals surface area contributed by atoms with Gasteiger partial charge in [-0.05, 0) is 290 Å². The van der Waals surface area contributed by atoms with Gasteiger partial charge in [-0.15, -0.1) is 0 Å². The van der Waals surface area contributed by atoms with Crippen LogP contribution in [0, 0.1) is 0 Å². The Labute approximate surface area is 842 Å². The van der Waals surface area contributed by atoms with Crippen molar-refractivity contribution in [3.05, 3.63) is 576 Å². The molecule has 4 heterocycles. The molecular weight excluding hydrogens is 1760 g/mol. The highest BCUT2D eigenvalue weighted by Crippen LogP contribution is 2.52. The maximum atomic E-state index is 2.50. The average molecular weight is 1850 g/mol. The molecule has 4 aromatic heterocycles. The van der Waals surface area contributed by atoms with E-state index in [-0.39, 0.29) is 0 Å². The molecule has 0 aliphatic heterocycles. The summed E-state index contributed by atoms with van der Waals surface area (Å²) in [4.78, 5) is 6.99. The number of hydrogen-bond donors (Lipinski definition) is 0. The van der Waals surface area contributed by atoms with E-state index in [2.05, 4.69) is 609 Å². The van der Waals surface area contributed by atoms with Crippen LogP contribution >= 0.6 is 0 Å². The van der Waals surface area contributed by atoms with E-state index in [0.29, 0.717) is 0 Å². The number of para-hydroxylation sites is 11. The molecule has 0 fully saturated rings. The van der Waals surface area contributed by atoms with Gasteiger partial charge in [-0.3, -0.25) is 0 Å². The highest BCUT2D eigenvalue weighted by atomic mass is 15.2. The SMILES string of the molecule is c1ccc(-c2ccc(N(c3ccccc3)c3ccc(-c4cc5c6ccccc6n(-c6ccc(-c7ccccc7)cc6)c5c5c4c4ccccc4n5-c4ccc(-c5ccccc5)cc4)cc3)cc2)cc1.c1ccc(N(c2ccccc2)c2ccc(-c3cc(-c4ccc(N(c5ccccc5)c5ccccc5)cc4)cc(-c4cc5c6ccccc6n(-c6ccccc6)c5c5c4c4ccccc4n5-c4ccccc4)c3)cc2)cc1. The van der Waals surface area contributed by atoms with Gasteiger partial charge in [0.1, 0.15) is 0 Å². The summed E-state index contributed by atoms with van der Waals surface area (Å²) in [5.74, 6) is 0. The Morgan fingerprint density at radius 1 is 0.117 bits per heavy atom. The average Bonchev–Trinajstić information content (AvgIpc) is 1.54. The van der Waals surface area contributed by atoms with Crippen molar-refractivity contribution in [2.75, 3.05) is 14.7 Å². The topological polar surface area (TPSA) is 29.4 Å². The summed E-state index contributed by atoms with van der Waals surface area (Å²) in [5.41, 5.74) is 40.1. The number of fused-ring (bicyclic) bond motifs is 14. The smallest absolute Gasteiger partial charge is 0.0795 e. The summed E-state index contributed by atoms with van der Waals surface area (Å²) in [5, 5.41) is 9.67. The lowest BCUT2D eigenvalue weighted by atomic mass is 9.90. The second kappa shape index (κ2) is 37.4. The first-order valence-corrected chi connectivity index (χ1v) is 49.7. The first kappa shape index (κ1) is 86.0. The van der Waals surface area contributed by atoms with E-state index in [0.717, 1.165) is 118 Å². The monoisotopic (exact) mass is 1850 g/mol. The predicted octanol–water partition coefficient (Wildman–Crippen LogP) is 37.8. The fraction of sp³-hybridized carbons (Fsp3) is 0. The molecular formula is C138H95N7. The fourth-order valence-electron chi connectivity index (χ4n) is 21.9. The minimum absolute atomic E-state index is 1.09. The first-order valence-electron chi connectivity index (χ1n) is 49.7. The van der Waals surface area contributed by atoms with E-state index in [1.807, 2.05) is 0 Å². The zero-order valence-electron chi connectivity index (χ0n) is 79.5. The Morgan fingerprint density at radius 2 is 0.310 bits per heavy atom. The van der Waals surface area contributed by atoms with Crippen LogP contribution in [-0.4, -0.2) is 18.3 Å². The Kier molecular flexibility index (Phi) is 22.2. The number of anilines is 9. The normalized spacial score (nSPS) is 11.4. The quantitative estimate of drug-likeness (QED) is 0.0762. The molecule has 682 valence electrons. The largest absolute Gasteiger partial charge is 0.311 e. The van der Waals surface area contributed by atoms with E-state index < -0.39 is 0 Å². The van der Waals surface area contributed by atoms with E-state index >= 15 is 0 Å². The fourth-order valence-corrected chi connectivity index (χ4v) is 21.9. The van der Waals surface area contributed by atoms with E-state index in [1.165, 1.54) is 121 Å². The van der Waals surface area contributed by atoms with Crippen LogP contribution in [0.15, 0.2) is 576 Å². The Balaban J connectivity index is 0.000000148. The summed E-state index contributed by atoms with van der Waals surface area (Å²) in [7, 11) is 0. The second-order valence-corrected chi connectivity index (χ2v) is 37.0. The molecule has 0 spiro atoms. The molecule has 0 saturated carbocycles. The number of rotatable bonds is 20. The van der Waals surface area contributed by atoms with Gasteiger partial charge in [0.15, 0.2) is 0 Å². The molecule has 0 radical (unpaired) electrons. The van der Waals surface area contributed by atoms with Gasteiger partial charge < -0.3 is 33.0 Å². The van der Waals surface area contributed by atoms with Crippen LogP contribution in [0.3, 0.4) is 0 Å². The summed E-state index contributed by atoms with van der Waals surface area (Å²) in [6, 6.07) is 209. The van der Waals surface area contributed by atoms with Gasteiger partial charge in [-0.1, -0.05) is 364 Å². The summed E-state index contributed by atoms with van der Waals surface area (Å²) in [6.07, 6.45) is 0. The number of hydrogen-bond acceptors (Lipinski definition) is 3. The molecule has 0 saturated heterocycles. The van der Waals surface area contributed by atoms with Gasteiger partial charge in [0.2, 0.25) is 0 Å². The van der Waals surface area contributed by atoms with Crippen LogP contribution in [0.4, 0.5) is 51.2 Å². The highest BCUT2D eigenvalue weighted by molar-refractivity contribution is 6.30. The van der Waals surface area contributed by atoms with Gasteiger partial charge in [0, 0.05) is 117 Å². The van der Waals surface area contributed by atoms with Crippen molar-refractivity contribution in [2.45, 2.75) is 0 Å². The lowest BCUT2D eigenvalue weighted by molar-refractivity contribution is 1.15. The third kappa shape index (κ3) is 15.8. The van der Waals surface area contributed by atoms with Crippen LogP contribution in [0.5, 0.6) is 0 Å². The Morgan fingerprint density at radius 3 is 0.607 bits per heavy atom. The lowest BCUT2D eigenvalue weighted by Crippen LogP contribution is -2.09. The number of aromatic nitrogens is 4. The van der Waals surface area contributed by atoms with Crippen LogP contribution in [0.25, 0.3) is 188 Å². The molecule has 0 N–H and O–H groups in total. The molecule has 7 heteroatoms. The zero-order chi connectivity index (χ0) is 96.0. The lowest BCUT2D eigenvalue weighted by Gasteiger charge is -2.26. The van der Waals surface area contributed by atoms with Gasteiger partial charge >= 0.3 is 0 Å². The number of nitrogens with zero attached hydrogens (tertiary/aromatic N) is 7. The van der Waals surface area contributed by atoms with Gasteiger partial charge in [0.25, 0.3) is 0 Å². The van der Waals surface area contributed by atoms with Crippen molar-refractivity contribution in [3.63, 3.8) is 0 Å². The molecule has 145 heavy (non-hydrogen) atoms. The van der Waals surface area contributed by atoms with Crippen LogP contribution in [0.1, 0.15) is 0 Å². The van der Waals surface area contributed by atoms with Gasteiger partial charge in [0.05, 0.1) is 44.1 Å². The summed E-state index contributed by atoms with van der Waals surface area (Å²) in [6.45, 7) is 0. The third-order valence-corrected chi connectivity index (χ3v) is 28.5. The van der Waals surface area contributed by atoms with Crippen molar-refractivity contribution in [2.24, 2.45) is 0 Å². The zero-order valence-corrected chi connectivity index (χ0v) is 79.5. The second-order valence-electron chi connectivity index (χ2n) is 37.0. The summed E-state index contributed by atoms with van der Waals surface area (Å²) >= 11 is 0. The van der Waals surface area contributed by atoms with Crippen molar-refractivity contribution < 1.29 is 0 Å². The van der Waals surface area contributed by atoms with Crippen molar-refractivity contribution in [3.8, 4) is 101 Å². The van der Waals surface area contributed by atoms with Crippen molar-refractivity contribution >= 4 is 138 Å². The molecule has 0 unspecified atom stereocenters. The van der Waals surface area contributed by atoms with Gasteiger partial charge in [-0.2, -0.15) is 0 Å². The van der Waals surface area contributed by atoms with Crippen molar-refractivity contribution in [1.82, 2.24) is 18.3 Å². The Hall–Kier alpha value is -19.3. The van der Waals surface area contributed by atoms with E-state index in [9.17, 15) is 0 Å². The maximum Gasteiger partial charge on any atom is 0.0795 e. The third-order valence-electron chi connectivity index (χ3n) is 28.5. The van der Waals surface area contributed by atoms with Gasteiger partial charge in [-0.25, -0.2) is 0 Å². The molecule has 0 aliphatic rings. The number of benzene rings is 23. The molecule has 27 rings (SSSR count). The minimum atomic E-state index is 1.09. The van der Waals surface area contributed by atoms with Crippen LogP contribution in [-0.2, 0) is 0 Å². The standard InChI is InChI=1S/C72H50N4.C66H45N3/c1-7-23-56(24-8-1)73(57-25-9-2-10-26-57)62-43-39-51(40-44-62)53-47-54(52-41-45-63(46-42-52)74(58-27-11-3-12-28-58)59-29-13-4-14-30-59)49-55(48-53)66-50-67-64-35-19-21-37-68(64)75(60-31-15-5-16-32-60)71(67)72-70(66)65-36-20-22-38-69(65)76(72)61-33-17-6-18-34-61;1-5-17-46(18-6-1)49-29-37-54(38-30-49)67(53-23-11-4-12-24-53)55-43-35-52(36-44-55)60-45-61-58-25-13-15-27-62(58)68(56-39-31-50(32-40-56)47-19-7-2-8-20-47)65(61)66-64(60)59-26-14-16-28-63(59)69(66)57-41-33-51(34-42-57)48-21-9-3-10-22-48/h1-50H;1-45H. The molecule has 23 aromatic carbocycles. The molecule has 7 nitrogen and oxygen atoms in total. The van der Waals surface area contributed by atoms with E-state index in [4.69, 9.17) is 0 Å². The molecule has 0 amide bonds. The minimum Gasteiger partial charge on any atom is -0.311 e. The first-order chi connectivity index (χ1) is 72.0. The Bertz CT molecular complexity index is 9150. The van der Waals surface area contributed by atoms with Crippen molar-refractivity contribution in [1.29, 1.82) is 0 Å². The highest BCUT2D eigenvalue weighted by Gasteiger charge is 2.30. The summed E-state index contributed by atoms with van der Waals surface area (Å²) < 4.78 is 9.96. The van der Waals surface area contributed by atoms with Crippen LogP contribution < -0.4 is 14.7 Å². The molecule has 0 atom stereocenters. The van der Waals surface area contributed by atoms with E-state index in [1.54, 1.807) is 0 Å². The maximum absolute atomic E-state index is 2.50. The molecule has 27 aromatic rings. The molecule has 0 aliphatic carbocycles. The van der Waals surface area contributed by atoms with Crippen LogP contribution in [0.2, 0.25) is 0 Å². The predicted molar refractivity (Wildman–Crippen MR) is 612 cm³/mol.